The largest absolute Gasteiger partial charge is 0.497 e. The number of hydrogen-bond donors (Lipinski definition) is 4. The van der Waals surface area contributed by atoms with E-state index in [0.29, 0.717) is 24.0 Å². The van der Waals surface area contributed by atoms with E-state index in [4.69, 9.17) is 30.2 Å². The second kappa shape index (κ2) is 27.2. The fourth-order valence-electron chi connectivity index (χ4n) is 3.93. The van der Waals surface area contributed by atoms with E-state index >= 15 is 0 Å². The van der Waals surface area contributed by atoms with Crippen molar-refractivity contribution in [2.24, 2.45) is 11.7 Å². The smallest absolute Gasteiger partial charge is 0.125 e. The van der Waals surface area contributed by atoms with E-state index in [1.165, 1.54) is 5.56 Å². The van der Waals surface area contributed by atoms with Crippen LogP contribution in [0, 0.1) is 5.92 Å². The Morgan fingerprint density at radius 2 is 1.47 bits per heavy atom. The average molecular weight is 675 g/mol. The fraction of sp³-hybridized carbons (Fsp3) is 0.526. The minimum atomic E-state index is -1.36. The van der Waals surface area contributed by atoms with Crippen LogP contribution in [0.4, 0.5) is 0 Å². The van der Waals surface area contributed by atoms with Crippen LogP contribution < -0.4 is 19.9 Å². The number of hydrogen-bond acceptors (Lipinski definition) is 7. The summed E-state index contributed by atoms with van der Waals surface area (Å²) in [5, 5.41) is 16.2. The molecule has 2 atom stereocenters. The van der Waals surface area contributed by atoms with Gasteiger partial charge >= 0.3 is 0 Å². The number of rotatable bonds is 17. The van der Waals surface area contributed by atoms with E-state index in [-0.39, 0.29) is 24.9 Å². The van der Waals surface area contributed by atoms with E-state index < -0.39 is 11.0 Å². The predicted octanol–water partition coefficient (Wildman–Crippen LogP) is 7.25. The van der Waals surface area contributed by atoms with Crippen molar-refractivity contribution in [3.05, 3.63) is 90.0 Å². The third-order valence-electron chi connectivity index (χ3n) is 6.67. The molecule has 0 aliphatic carbocycles. The van der Waals surface area contributed by atoms with Crippen LogP contribution in [-0.4, -0.2) is 60.1 Å². The van der Waals surface area contributed by atoms with Gasteiger partial charge in [-0.25, -0.2) is 8.93 Å². The normalized spacial score (nSPS) is 11.9. The quantitative estimate of drug-likeness (QED) is 0.119. The van der Waals surface area contributed by atoms with E-state index in [1.807, 2.05) is 92.7 Å². The van der Waals surface area contributed by atoms with Crippen LogP contribution >= 0.6 is 0 Å². The summed E-state index contributed by atoms with van der Waals surface area (Å²) in [7, 11) is 0.300. The Morgan fingerprint density at radius 3 is 1.98 bits per heavy atom. The maximum atomic E-state index is 12.7. The minimum absolute atomic E-state index is 0.166. The van der Waals surface area contributed by atoms with Crippen LogP contribution in [0.5, 0.6) is 11.5 Å². The zero-order valence-electron chi connectivity index (χ0n) is 30.0. The van der Waals surface area contributed by atoms with Crippen molar-refractivity contribution in [1.29, 1.82) is 0 Å². The third-order valence-corrected chi connectivity index (χ3v) is 7.87. The number of aliphatic hydroxyl groups excluding tert-OH is 2. The maximum Gasteiger partial charge on any atom is 0.125 e. The third kappa shape index (κ3) is 20.9. The van der Waals surface area contributed by atoms with Crippen molar-refractivity contribution in [3.63, 3.8) is 0 Å². The molecule has 2 unspecified atom stereocenters. The van der Waals surface area contributed by atoms with Gasteiger partial charge in [-0.3, -0.25) is 0 Å². The second-order valence-corrected chi connectivity index (χ2v) is 12.7. The van der Waals surface area contributed by atoms with Gasteiger partial charge in [-0.1, -0.05) is 70.2 Å². The molecule has 47 heavy (non-hydrogen) atoms. The molecule has 0 amide bonds. The summed E-state index contributed by atoms with van der Waals surface area (Å²) >= 11 is 0. The Balaban J connectivity index is 0.00000103. The van der Waals surface area contributed by atoms with Gasteiger partial charge in [0.25, 0.3) is 0 Å². The number of benzene rings is 3. The van der Waals surface area contributed by atoms with E-state index in [0.717, 1.165) is 49.4 Å². The molecule has 0 aliphatic heterocycles. The van der Waals surface area contributed by atoms with Crippen molar-refractivity contribution in [1.82, 2.24) is 4.72 Å². The lowest BCUT2D eigenvalue weighted by atomic mass is 10.1. The predicted molar refractivity (Wildman–Crippen MR) is 196 cm³/mol. The van der Waals surface area contributed by atoms with Crippen LogP contribution in [0.3, 0.4) is 0 Å². The number of aryl methyl sites for hydroxylation is 1. The highest BCUT2D eigenvalue weighted by molar-refractivity contribution is 7.83. The molecule has 3 aromatic carbocycles. The zero-order chi connectivity index (χ0) is 35.5. The van der Waals surface area contributed by atoms with Gasteiger partial charge in [0, 0.05) is 32.8 Å². The Bertz CT molecular complexity index is 1160. The van der Waals surface area contributed by atoms with Crippen molar-refractivity contribution >= 4 is 11.0 Å². The highest BCUT2D eigenvalue weighted by Crippen LogP contribution is 2.20. The summed E-state index contributed by atoms with van der Waals surface area (Å²) in [5.74, 6) is 2.28. The van der Waals surface area contributed by atoms with Gasteiger partial charge in [0.05, 0.1) is 30.3 Å². The van der Waals surface area contributed by atoms with Crippen LogP contribution in [0.15, 0.2) is 83.8 Å². The summed E-state index contributed by atoms with van der Waals surface area (Å²) in [4.78, 5) is 0.689. The van der Waals surface area contributed by atoms with Gasteiger partial charge in [0.2, 0.25) is 0 Å². The zero-order valence-corrected chi connectivity index (χ0v) is 30.9. The Hall–Kier alpha value is -2.79. The van der Waals surface area contributed by atoms with Crippen molar-refractivity contribution < 1.29 is 28.6 Å². The van der Waals surface area contributed by atoms with Gasteiger partial charge in [0.1, 0.15) is 22.5 Å². The molecule has 0 aromatic heterocycles. The Kier molecular flexibility index (Phi) is 25.6. The molecular weight excluding hydrogens is 612 g/mol. The molecule has 0 bridgehead atoms. The van der Waals surface area contributed by atoms with E-state index in [1.54, 1.807) is 14.0 Å². The first-order valence-corrected chi connectivity index (χ1v) is 17.9. The Morgan fingerprint density at radius 1 is 0.894 bits per heavy atom. The lowest BCUT2D eigenvalue weighted by Crippen LogP contribution is -2.29. The SMILES string of the molecule is CC.CC(C)CCOC(C)(C)CCOc1ccc(S(=O)NC(CN)c2ccccc2)cc1.CCO.COc1ccc(CCCO)cc1. The van der Waals surface area contributed by atoms with Gasteiger partial charge in [-0.2, -0.15) is 0 Å². The van der Waals surface area contributed by atoms with Crippen LogP contribution in [0.2, 0.25) is 0 Å². The van der Waals surface area contributed by atoms with Crippen LogP contribution in [0.1, 0.15) is 84.9 Å². The molecular formula is C38H62N2O6S. The number of aliphatic hydroxyl groups is 2. The molecule has 0 aliphatic rings. The average Bonchev–Trinajstić information content (AvgIpc) is 3.08. The van der Waals surface area contributed by atoms with Gasteiger partial charge in [0.15, 0.2) is 0 Å². The lowest BCUT2D eigenvalue weighted by molar-refractivity contribution is -0.0346. The lowest BCUT2D eigenvalue weighted by Gasteiger charge is -2.26. The van der Waals surface area contributed by atoms with Gasteiger partial charge in [-0.15, -0.1) is 0 Å². The highest BCUT2D eigenvalue weighted by atomic mass is 32.2. The topological polar surface area (TPSA) is 123 Å². The first-order chi connectivity index (χ1) is 22.6. The summed E-state index contributed by atoms with van der Waals surface area (Å²) in [5.41, 5.74) is 7.91. The van der Waals surface area contributed by atoms with Gasteiger partial charge in [-0.05, 0) is 93.5 Å². The molecule has 266 valence electrons. The molecule has 0 radical (unpaired) electrons. The number of nitrogens with one attached hydrogen (secondary N) is 1. The second-order valence-electron chi connectivity index (χ2n) is 11.4. The molecule has 0 spiro atoms. The first-order valence-electron chi connectivity index (χ1n) is 16.7. The summed E-state index contributed by atoms with van der Waals surface area (Å²) in [6.45, 7) is 16.5. The van der Waals surface area contributed by atoms with Crippen molar-refractivity contribution in [2.45, 2.75) is 90.7 Å². The minimum Gasteiger partial charge on any atom is -0.497 e. The molecule has 0 fully saturated rings. The summed E-state index contributed by atoms with van der Waals surface area (Å²) < 4.78 is 32.6. The van der Waals surface area contributed by atoms with Crippen LogP contribution in [-0.2, 0) is 22.1 Å². The maximum absolute atomic E-state index is 12.7. The fourth-order valence-corrected chi connectivity index (χ4v) is 4.94. The standard InChI is InChI=1S/C24H36N2O3S.C10H14O2.C2H6O.C2H6/c1-19(2)14-16-29-24(3,4)15-17-28-21-10-12-22(13-11-21)30(27)26-23(18-25)20-8-6-5-7-9-20;1-12-10-6-4-9(5-7-10)3-2-8-11;1-2-3;1-2/h5-13,19,23,26H,14-18,25H2,1-4H3;4-7,11H,2-3,8H2,1H3;3H,2H2,1H3;1-2H3. The molecule has 3 aromatic rings. The van der Waals surface area contributed by atoms with Crippen LogP contribution in [0.25, 0.3) is 0 Å². The van der Waals surface area contributed by atoms with Gasteiger partial charge < -0.3 is 30.2 Å². The highest BCUT2D eigenvalue weighted by Gasteiger charge is 2.19. The molecule has 0 saturated heterocycles. The monoisotopic (exact) mass is 674 g/mol. The van der Waals surface area contributed by atoms with Crippen molar-refractivity contribution in [3.8, 4) is 11.5 Å². The molecule has 0 heterocycles. The number of nitrogens with two attached hydrogens (primary N) is 1. The summed E-state index contributed by atoms with van der Waals surface area (Å²) in [6.07, 6.45) is 3.62. The Labute approximate surface area is 287 Å². The molecule has 8 nitrogen and oxygen atoms in total. The van der Waals surface area contributed by atoms with E-state index in [9.17, 15) is 4.21 Å². The number of methoxy groups -OCH3 is 1. The number of ether oxygens (including phenoxy) is 3. The molecule has 0 saturated carbocycles. The summed E-state index contributed by atoms with van der Waals surface area (Å²) in [6, 6.07) is 24.9. The molecule has 5 N–H and O–H groups in total. The first kappa shape index (κ1) is 44.2. The van der Waals surface area contributed by atoms with E-state index in [2.05, 4.69) is 32.4 Å². The van der Waals surface area contributed by atoms with Crippen molar-refractivity contribution in [2.75, 3.05) is 40.1 Å². The molecule has 3 rings (SSSR count). The molecule has 9 heteroatoms.